The predicted molar refractivity (Wildman–Crippen MR) is 102 cm³/mol. The van der Waals surface area contributed by atoms with Crippen molar-refractivity contribution in [1.29, 1.82) is 0 Å². The summed E-state index contributed by atoms with van der Waals surface area (Å²) in [6.07, 6.45) is 0.562. The molecule has 1 fully saturated rings. The van der Waals surface area contributed by atoms with Crippen molar-refractivity contribution >= 4 is 5.69 Å². The molecule has 1 N–H and O–H groups in total. The maximum absolute atomic E-state index is 10.3. The van der Waals surface area contributed by atoms with E-state index in [4.69, 9.17) is 4.74 Å². The third-order valence-corrected chi connectivity index (χ3v) is 4.74. The quantitative estimate of drug-likeness (QED) is 0.841. The summed E-state index contributed by atoms with van der Waals surface area (Å²) in [6, 6.07) is 18.6. The molecule has 1 saturated heterocycles. The molecule has 0 unspecified atom stereocenters. The minimum atomic E-state index is -0.464. The van der Waals surface area contributed by atoms with Crippen molar-refractivity contribution in [1.82, 2.24) is 4.90 Å². The number of piperazine rings is 1. The lowest BCUT2D eigenvalue weighted by Crippen LogP contribution is -2.49. The molecule has 2 aromatic rings. The number of aliphatic hydroxyl groups excluding tert-OH is 1. The first-order chi connectivity index (χ1) is 12.2. The van der Waals surface area contributed by atoms with E-state index in [9.17, 15) is 5.11 Å². The molecule has 0 bridgehead atoms. The van der Waals surface area contributed by atoms with Crippen LogP contribution in [-0.2, 0) is 6.42 Å². The lowest BCUT2D eigenvalue weighted by Gasteiger charge is -2.36. The largest absolute Gasteiger partial charge is 0.491 e. The molecule has 0 saturated carbocycles. The Bertz CT molecular complexity index is 622. The van der Waals surface area contributed by atoms with Crippen LogP contribution in [0.25, 0.3) is 0 Å². The number of rotatable bonds is 7. The van der Waals surface area contributed by atoms with Crippen molar-refractivity contribution in [2.45, 2.75) is 19.4 Å². The van der Waals surface area contributed by atoms with Crippen molar-refractivity contribution in [3.8, 4) is 5.75 Å². The van der Waals surface area contributed by atoms with E-state index < -0.39 is 6.10 Å². The number of benzene rings is 2. The first-order valence-corrected chi connectivity index (χ1v) is 9.16. The molecule has 2 aromatic carbocycles. The fraction of sp³-hybridized carbons (Fsp3) is 0.429. The van der Waals surface area contributed by atoms with Crippen LogP contribution in [0.5, 0.6) is 5.75 Å². The summed E-state index contributed by atoms with van der Waals surface area (Å²) in [5.41, 5.74) is 2.57. The first kappa shape index (κ1) is 17.8. The van der Waals surface area contributed by atoms with E-state index in [-0.39, 0.29) is 0 Å². The number of hydrogen-bond donors (Lipinski definition) is 1. The van der Waals surface area contributed by atoms with Gasteiger partial charge in [0.15, 0.2) is 0 Å². The molecular formula is C21H28N2O2. The lowest BCUT2D eigenvalue weighted by atomic mass is 10.2. The van der Waals surface area contributed by atoms with E-state index in [2.05, 4.69) is 53.1 Å². The molecule has 0 spiro atoms. The van der Waals surface area contributed by atoms with E-state index in [1.807, 2.05) is 18.2 Å². The highest BCUT2D eigenvalue weighted by Crippen LogP contribution is 2.16. The van der Waals surface area contributed by atoms with Gasteiger partial charge in [-0.25, -0.2) is 0 Å². The maximum Gasteiger partial charge on any atom is 0.119 e. The molecule has 0 aliphatic carbocycles. The second kappa shape index (κ2) is 8.88. The average molecular weight is 340 g/mol. The Labute approximate surface area is 150 Å². The Morgan fingerprint density at radius 2 is 1.64 bits per heavy atom. The number of β-amino-alcohol motifs (C(OH)–C–C–N with tert-alkyl or cyclic N) is 1. The molecular weight excluding hydrogens is 312 g/mol. The lowest BCUT2D eigenvalue weighted by molar-refractivity contribution is 0.0663. The van der Waals surface area contributed by atoms with Crippen LogP contribution in [-0.4, -0.2) is 55.4 Å². The number of hydrogen-bond acceptors (Lipinski definition) is 4. The first-order valence-electron chi connectivity index (χ1n) is 9.16. The van der Waals surface area contributed by atoms with Gasteiger partial charge in [0.2, 0.25) is 0 Å². The molecule has 3 rings (SSSR count). The molecule has 4 heteroatoms. The predicted octanol–water partition coefficient (Wildman–Crippen LogP) is 2.81. The minimum absolute atomic E-state index is 0.338. The fourth-order valence-corrected chi connectivity index (χ4v) is 3.19. The van der Waals surface area contributed by atoms with E-state index in [0.717, 1.165) is 38.3 Å². The molecule has 1 heterocycles. The molecule has 134 valence electrons. The Morgan fingerprint density at radius 1 is 0.960 bits per heavy atom. The van der Waals surface area contributed by atoms with Gasteiger partial charge in [-0.3, -0.25) is 4.90 Å². The van der Waals surface area contributed by atoms with Crippen molar-refractivity contribution in [3.05, 3.63) is 60.2 Å². The number of ether oxygens (including phenoxy) is 1. The number of aryl methyl sites for hydroxylation is 1. The highest BCUT2D eigenvalue weighted by Gasteiger charge is 2.19. The number of nitrogens with zero attached hydrogens (tertiary/aromatic N) is 2. The number of anilines is 1. The summed E-state index contributed by atoms with van der Waals surface area (Å²) in [5, 5.41) is 10.3. The van der Waals surface area contributed by atoms with Gasteiger partial charge in [0, 0.05) is 38.4 Å². The standard InChI is InChI=1S/C21H28N2O2/c1-2-18-8-10-21(11-9-18)25-17-20(24)16-22-12-14-23(15-13-22)19-6-4-3-5-7-19/h3-11,20,24H,2,12-17H2,1H3/t20-/m0/s1. The molecule has 0 amide bonds. The van der Waals surface area contributed by atoms with Crippen molar-refractivity contribution < 1.29 is 9.84 Å². The highest BCUT2D eigenvalue weighted by molar-refractivity contribution is 5.46. The zero-order chi connectivity index (χ0) is 17.5. The van der Waals surface area contributed by atoms with Crippen LogP contribution in [0.2, 0.25) is 0 Å². The zero-order valence-electron chi connectivity index (χ0n) is 15.0. The molecule has 4 nitrogen and oxygen atoms in total. The molecule has 1 atom stereocenters. The Hall–Kier alpha value is -2.04. The van der Waals surface area contributed by atoms with Crippen LogP contribution in [0.1, 0.15) is 12.5 Å². The normalized spacial score (nSPS) is 16.6. The maximum atomic E-state index is 10.3. The molecule has 25 heavy (non-hydrogen) atoms. The minimum Gasteiger partial charge on any atom is -0.491 e. The topological polar surface area (TPSA) is 35.9 Å². The summed E-state index contributed by atoms with van der Waals surface area (Å²) in [5.74, 6) is 0.824. The molecule has 0 aromatic heterocycles. The number of aliphatic hydroxyl groups is 1. The van der Waals surface area contributed by atoms with Crippen LogP contribution in [0.3, 0.4) is 0 Å². The van der Waals surface area contributed by atoms with Crippen molar-refractivity contribution in [2.75, 3.05) is 44.2 Å². The van der Waals surface area contributed by atoms with Gasteiger partial charge in [0.1, 0.15) is 18.5 Å². The van der Waals surface area contributed by atoms with E-state index in [1.54, 1.807) is 0 Å². The Balaban J connectivity index is 1.39. The van der Waals surface area contributed by atoms with Gasteiger partial charge in [0.25, 0.3) is 0 Å². The van der Waals surface area contributed by atoms with Crippen LogP contribution < -0.4 is 9.64 Å². The molecule has 1 aliphatic rings. The molecule has 0 radical (unpaired) electrons. The van der Waals surface area contributed by atoms with Crippen molar-refractivity contribution in [3.63, 3.8) is 0 Å². The van der Waals surface area contributed by atoms with E-state index in [0.29, 0.717) is 13.2 Å². The van der Waals surface area contributed by atoms with E-state index in [1.165, 1.54) is 11.3 Å². The van der Waals surface area contributed by atoms with Gasteiger partial charge in [0.05, 0.1) is 0 Å². The summed E-state index contributed by atoms with van der Waals surface area (Å²) in [4.78, 5) is 4.71. The third-order valence-electron chi connectivity index (χ3n) is 4.74. The second-order valence-electron chi connectivity index (χ2n) is 6.59. The summed E-state index contributed by atoms with van der Waals surface area (Å²) in [6.45, 7) is 7.07. The number of para-hydroxylation sites is 1. The zero-order valence-corrected chi connectivity index (χ0v) is 15.0. The van der Waals surface area contributed by atoms with Crippen LogP contribution in [0.15, 0.2) is 54.6 Å². The van der Waals surface area contributed by atoms with Gasteiger partial charge in [-0.2, -0.15) is 0 Å². The Kier molecular flexibility index (Phi) is 6.31. The van der Waals surface area contributed by atoms with Gasteiger partial charge in [-0.05, 0) is 36.2 Å². The summed E-state index contributed by atoms with van der Waals surface area (Å²) < 4.78 is 5.71. The van der Waals surface area contributed by atoms with Gasteiger partial charge in [-0.1, -0.05) is 37.3 Å². The summed E-state index contributed by atoms with van der Waals surface area (Å²) >= 11 is 0. The summed E-state index contributed by atoms with van der Waals surface area (Å²) in [7, 11) is 0. The van der Waals surface area contributed by atoms with Gasteiger partial charge >= 0.3 is 0 Å². The third kappa shape index (κ3) is 5.21. The Morgan fingerprint density at radius 3 is 2.28 bits per heavy atom. The monoisotopic (exact) mass is 340 g/mol. The highest BCUT2D eigenvalue weighted by atomic mass is 16.5. The van der Waals surface area contributed by atoms with Crippen LogP contribution >= 0.6 is 0 Å². The van der Waals surface area contributed by atoms with Crippen LogP contribution in [0, 0.1) is 0 Å². The van der Waals surface area contributed by atoms with Gasteiger partial charge < -0.3 is 14.7 Å². The van der Waals surface area contributed by atoms with Crippen molar-refractivity contribution in [2.24, 2.45) is 0 Å². The molecule has 1 aliphatic heterocycles. The SMILES string of the molecule is CCc1ccc(OC[C@@H](O)CN2CCN(c3ccccc3)CC2)cc1. The van der Waals surface area contributed by atoms with E-state index >= 15 is 0 Å². The van der Waals surface area contributed by atoms with Crippen LogP contribution in [0.4, 0.5) is 5.69 Å². The second-order valence-corrected chi connectivity index (χ2v) is 6.59. The smallest absolute Gasteiger partial charge is 0.119 e. The fourth-order valence-electron chi connectivity index (χ4n) is 3.19. The van der Waals surface area contributed by atoms with Gasteiger partial charge in [-0.15, -0.1) is 0 Å². The average Bonchev–Trinajstić information content (AvgIpc) is 2.68.